The van der Waals surface area contributed by atoms with Gasteiger partial charge in [0, 0.05) is 17.7 Å². The van der Waals surface area contributed by atoms with Crippen molar-refractivity contribution in [2.75, 3.05) is 12.4 Å². The van der Waals surface area contributed by atoms with Crippen LogP contribution in [-0.2, 0) is 9.59 Å². The molecule has 3 aromatic rings. The van der Waals surface area contributed by atoms with E-state index in [2.05, 4.69) is 15.6 Å². The summed E-state index contributed by atoms with van der Waals surface area (Å²) in [7, 11) is 1.56. The maximum Gasteiger partial charge on any atom is 0.325 e. The van der Waals surface area contributed by atoms with Crippen LogP contribution in [0.4, 0.5) is 9.93 Å². The second kappa shape index (κ2) is 10.9. The molecule has 4 rings (SSSR count). The number of amides is 4. The molecule has 2 aromatic carbocycles. The van der Waals surface area contributed by atoms with E-state index >= 15 is 0 Å². The molecule has 0 radical (unpaired) electrons. The summed E-state index contributed by atoms with van der Waals surface area (Å²) in [6, 6.07) is 11.7. The lowest BCUT2D eigenvalue weighted by Gasteiger charge is -2.29. The molecule has 37 heavy (non-hydrogen) atoms. The number of methoxy groups -OCH3 is 1. The molecule has 10 heteroatoms. The Morgan fingerprint density at radius 1 is 1.19 bits per heavy atom. The highest BCUT2D eigenvalue weighted by molar-refractivity contribution is 7.14. The van der Waals surface area contributed by atoms with Crippen molar-refractivity contribution >= 4 is 40.1 Å². The minimum absolute atomic E-state index is 0.141. The van der Waals surface area contributed by atoms with Crippen molar-refractivity contribution in [3.63, 3.8) is 0 Å². The number of anilines is 1. The number of imide groups is 1. The van der Waals surface area contributed by atoms with Crippen molar-refractivity contribution in [3.05, 3.63) is 76.3 Å². The lowest BCUT2D eigenvalue weighted by molar-refractivity contribution is -0.134. The van der Waals surface area contributed by atoms with Gasteiger partial charge in [-0.15, -0.1) is 11.3 Å². The number of nitrogens with zero attached hydrogens (tertiary/aromatic N) is 2. The Morgan fingerprint density at radius 3 is 2.57 bits per heavy atom. The quantitative estimate of drug-likeness (QED) is 0.318. The highest BCUT2D eigenvalue weighted by atomic mass is 32.1. The van der Waals surface area contributed by atoms with E-state index in [0.717, 1.165) is 27.4 Å². The second-order valence-electron chi connectivity index (χ2n) is 8.77. The molecule has 1 saturated heterocycles. The predicted molar refractivity (Wildman–Crippen MR) is 140 cm³/mol. The zero-order valence-electron chi connectivity index (χ0n) is 21.0. The zero-order chi connectivity index (χ0) is 26.7. The Bertz CT molecular complexity index is 1340. The fraction of sp³-hybridized carbons (Fsp3) is 0.296. The van der Waals surface area contributed by atoms with Gasteiger partial charge in [-0.3, -0.25) is 14.4 Å². The van der Waals surface area contributed by atoms with Crippen LogP contribution >= 0.6 is 11.3 Å². The number of thiazole rings is 1. The van der Waals surface area contributed by atoms with Crippen LogP contribution in [0.5, 0.6) is 5.75 Å². The molecule has 1 aromatic heterocycles. The summed E-state index contributed by atoms with van der Waals surface area (Å²) in [6.07, 6.45) is 0.291. The van der Waals surface area contributed by atoms with Gasteiger partial charge in [0.1, 0.15) is 23.5 Å². The molecule has 3 atom stereocenters. The first-order chi connectivity index (χ1) is 17.7. The summed E-state index contributed by atoms with van der Waals surface area (Å²) >= 11 is 1.11. The van der Waals surface area contributed by atoms with Crippen LogP contribution in [0.2, 0.25) is 0 Å². The molecule has 2 N–H and O–H groups in total. The number of nitrogens with one attached hydrogen (secondary N) is 2. The van der Waals surface area contributed by atoms with Crippen LogP contribution in [0.15, 0.2) is 53.9 Å². The van der Waals surface area contributed by atoms with Gasteiger partial charge in [0.15, 0.2) is 10.9 Å². The van der Waals surface area contributed by atoms with Crippen molar-refractivity contribution in [1.29, 1.82) is 0 Å². The number of carbonyl (C=O) groups is 4. The van der Waals surface area contributed by atoms with Crippen molar-refractivity contribution in [1.82, 2.24) is 15.2 Å². The predicted octanol–water partition coefficient (Wildman–Crippen LogP) is 4.46. The number of hydrogen-bond acceptors (Lipinski definition) is 7. The number of hydrogen-bond donors (Lipinski definition) is 2. The molecule has 0 unspecified atom stereocenters. The van der Waals surface area contributed by atoms with Crippen molar-refractivity contribution in [2.24, 2.45) is 0 Å². The third-order valence-electron chi connectivity index (χ3n) is 6.41. The van der Waals surface area contributed by atoms with E-state index in [9.17, 15) is 19.2 Å². The number of aryl methyl sites for hydroxylation is 1. The summed E-state index contributed by atoms with van der Waals surface area (Å²) in [6.45, 7) is 5.37. The van der Waals surface area contributed by atoms with Crippen molar-refractivity contribution in [3.8, 4) is 5.75 Å². The molecule has 4 amide bonds. The van der Waals surface area contributed by atoms with Gasteiger partial charge in [-0.1, -0.05) is 50.2 Å². The number of ketones is 1. The summed E-state index contributed by atoms with van der Waals surface area (Å²) in [4.78, 5) is 57.6. The summed E-state index contributed by atoms with van der Waals surface area (Å²) in [5, 5.41) is 7.24. The molecular formula is C27H28N4O5S. The average molecular weight is 521 g/mol. The SMILES string of the molecule is CCC(=O)c1csc(NC(=O)[C@H]([C@@H](C)c2ccccc2)N2C(=O)N[C@H](c3ccc(OC)c(C)c3)C2=O)n1. The third-order valence-corrected chi connectivity index (χ3v) is 7.17. The second-order valence-corrected chi connectivity index (χ2v) is 9.63. The number of Topliss-reactive ketones (excluding diaryl/α,β-unsaturated/α-hetero) is 1. The van der Waals surface area contributed by atoms with Gasteiger partial charge in [-0.05, 0) is 35.7 Å². The van der Waals surface area contributed by atoms with Gasteiger partial charge >= 0.3 is 6.03 Å². The van der Waals surface area contributed by atoms with Gasteiger partial charge in [0.25, 0.3) is 5.91 Å². The standard InChI is InChI=1S/C27H28N4O5S/c1-5-20(32)19-14-37-26(28-19)30-24(33)23(16(3)17-9-7-6-8-10-17)31-25(34)22(29-27(31)35)18-11-12-21(36-4)15(2)13-18/h6-14,16,22-23H,5H2,1-4H3,(H,29,35)(H,28,30,33)/t16-,22+,23-/m0/s1. The molecule has 0 spiro atoms. The molecule has 0 bridgehead atoms. The van der Waals surface area contributed by atoms with Crippen LogP contribution in [0.25, 0.3) is 0 Å². The molecule has 1 aliphatic heterocycles. The maximum absolute atomic E-state index is 13.6. The number of carbonyl (C=O) groups excluding carboxylic acids is 4. The number of rotatable bonds is 9. The van der Waals surface area contributed by atoms with Gasteiger partial charge < -0.3 is 15.4 Å². The van der Waals surface area contributed by atoms with Crippen LogP contribution in [0.1, 0.15) is 59.4 Å². The van der Waals surface area contributed by atoms with E-state index in [1.165, 1.54) is 0 Å². The summed E-state index contributed by atoms with van der Waals surface area (Å²) < 4.78 is 5.30. The fourth-order valence-corrected chi connectivity index (χ4v) is 5.11. The Balaban J connectivity index is 1.67. The topological polar surface area (TPSA) is 118 Å². The monoisotopic (exact) mass is 520 g/mol. The molecule has 2 heterocycles. The lowest BCUT2D eigenvalue weighted by Crippen LogP contribution is -2.50. The van der Waals surface area contributed by atoms with Crippen molar-refractivity contribution < 1.29 is 23.9 Å². The van der Waals surface area contributed by atoms with Crippen LogP contribution in [0.3, 0.4) is 0 Å². The molecular weight excluding hydrogens is 492 g/mol. The fourth-order valence-electron chi connectivity index (χ4n) is 4.39. The van der Waals surface area contributed by atoms with E-state index in [-0.39, 0.29) is 16.6 Å². The number of ether oxygens (including phenoxy) is 1. The van der Waals surface area contributed by atoms with Crippen LogP contribution < -0.4 is 15.4 Å². The Kier molecular flexibility index (Phi) is 7.68. The van der Waals surface area contributed by atoms with E-state index in [1.807, 2.05) is 37.3 Å². The van der Waals surface area contributed by atoms with E-state index in [1.54, 1.807) is 44.5 Å². The van der Waals surface area contributed by atoms with E-state index in [4.69, 9.17) is 4.74 Å². The highest BCUT2D eigenvalue weighted by Crippen LogP contribution is 2.32. The molecule has 0 saturated carbocycles. The normalized spacial score (nSPS) is 16.8. The Morgan fingerprint density at radius 2 is 1.92 bits per heavy atom. The summed E-state index contributed by atoms with van der Waals surface area (Å²) in [5.41, 5.74) is 2.45. The minimum atomic E-state index is -1.16. The molecule has 1 aliphatic rings. The summed E-state index contributed by atoms with van der Waals surface area (Å²) in [5.74, 6) is -1.10. The minimum Gasteiger partial charge on any atom is -0.496 e. The van der Waals surface area contributed by atoms with Gasteiger partial charge in [-0.2, -0.15) is 0 Å². The molecule has 192 valence electrons. The number of benzene rings is 2. The van der Waals surface area contributed by atoms with Crippen molar-refractivity contribution in [2.45, 2.75) is 45.2 Å². The average Bonchev–Trinajstić information content (AvgIpc) is 3.48. The van der Waals surface area contributed by atoms with Crippen LogP contribution in [-0.4, -0.2) is 46.7 Å². The van der Waals surface area contributed by atoms with Gasteiger partial charge in [0.2, 0.25) is 5.91 Å². The van der Waals surface area contributed by atoms with Gasteiger partial charge in [0.05, 0.1) is 7.11 Å². The Labute approximate surface area is 218 Å². The molecule has 0 aliphatic carbocycles. The third kappa shape index (κ3) is 5.24. The van der Waals surface area contributed by atoms with E-state index in [0.29, 0.717) is 17.7 Å². The maximum atomic E-state index is 13.6. The highest BCUT2D eigenvalue weighted by Gasteiger charge is 2.47. The van der Waals surface area contributed by atoms with Crippen LogP contribution in [0, 0.1) is 6.92 Å². The first-order valence-corrected chi connectivity index (χ1v) is 12.8. The Hall–Kier alpha value is -4.05. The zero-order valence-corrected chi connectivity index (χ0v) is 21.8. The first kappa shape index (κ1) is 26.0. The van der Waals surface area contributed by atoms with Gasteiger partial charge in [-0.25, -0.2) is 14.7 Å². The first-order valence-electron chi connectivity index (χ1n) is 11.9. The molecule has 1 fully saturated rings. The number of urea groups is 1. The largest absolute Gasteiger partial charge is 0.496 e. The number of aromatic nitrogens is 1. The lowest BCUT2D eigenvalue weighted by atomic mass is 9.91. The molecule has 9 nitrogen and oxygen atoms in total. The smallest absolute Gasteiger partial charge is 0.325 e. The van der Waals surface area contributed by atoms with E-state index < -0.39 is 35.8 Å².